The number of anilines is 1. The van der Waals surface area contributed by atoms with E-state index in [1.54, 1.807) is 18.2 Å². The average Bonchev–Trinajstić information content (AvgIpc) is 2.98. The van der Waals surface area contributed by atoms with Gasteiger partial charge in [-0.3, -0.25) is 13.9 Å². The number of benzene rings is 4. The molecule has 0 aromatic heterocycles. The van der Waals surface area contributed by atoms with Gasteiger partial charge in [0.05, 0.1) is 10.6 Å². The van der Waals surface area contributed by atoms with Gasteiger partial charge in [0.25, 0.3) is 10.0 Å². The molecule has 0 aliphatic carbocycles. The van der Waals surface area contributed by atoms with Gasteiger partial charge in [0.15, 0.2) is 0 Å². The Bertz CT molecular complexity index is 1650. The first-order valence-corrected chi connectivity index (χ1v) is 15.8. The van der Waals surface area contributed by atoms with Crippen LogP contribution in [-0.2, 0) is 32.6 Å². The summed E-state index contributed by atoms with van der Waals surface area (Å²) in [5, 5.41) is 3.08. The molecule has 4 aromatic rings. The predicted octanol–water partition coefficient (Wildman–Crippen LogP) is 5.99. The van der Waals surface area contributed by atoms with E-state index in [2.05, 4.69) is 21.2 Å². The van der Waals surface area contributed by atoms with Crippen molar-refractivity contribution in [3.63, 3.8) is 0 Å². The van der Waals surface area contributed by atoms with Crippen molar-refractivity contribution in [1.29, 1.82) is 0 Å². The van der Waals surface area contributed by atoms with Gasteiger partial charge in [0.2, 0.25) is 11.8 Å². The van der Waals surface area contributed by atoms with Crippen LogP contribution < -0.4 is 9.62 Å². The Morgan fingerprint density at radius 2 is 1.55 bits per heavy atom. The van der Waals surface area contributed by atoms with E-state index in [9.17, 15) is 18.0 Å². The van der Waals surface area contributed by atoms with E-state index in [-0.39, 0.29) is 23.8 Å². The van der Waals surface area contributed by atoms with Crippen molar-refractivity contribution in [1.82, 2.24) is 10.2 Å². The third-order valence-electron chi connectivity index (χ3n) is 6.73. The monoisotopic (exact) mass is 667 g/mol. The van der Waals surface area contributed by atoms with Crippen LogP contribution in [0.2, 0.25) is 5.02 Å². The fourth-order valence-electron chi connectivity index (χ4n) is 4.60. The second kappa shape index (κ2) is 14.0. The highest BCUT2D eigenvalue weighted by atomic mass is 79.9. The number of nitrogens with one attached hydrogen (secondary N) is 1. The molecule has 2 amide bonds. The van der Waals surface area contributed by atoms with Crippen molar-refractivity contribution in [2.75, 3.05) is 17.9 Å². The van der Waals surface area contributed by atoms with Crippen LogP contribution in [0.25, 0.3) is 0 Å². The summed E-state index contributed by atoms with van der Waals surface area (Å²) in [5.41, 5.74) is 2.81. The Balaban J connectivity index is 1.79. The Labute approximate surface area is 260 Å². The number of rotatable bonds is 11. The first-order valence-electron chi connectivity index (χ1n) is 13.2. The zero-order chi connectivity index (χ0) is 30.3. The van der Waals surface area contributed by atoms with Crippen molar-refractivity contribution < 1.29 is 18.0 Å². The van der Waals surface area contributed by atoms with Gasteiger partial charge in [0, 0.05) is 29.5 Å². The fraction of sp³-hybridized carbons (Fsp3) is 0.188. The molecule has 218 valence electrons. The second-order valence-electron chi connectivity index (χ2n) is 9.78. The molecule has 0 spiro atoms. The summed E-state index contributed by atoms with van der Waals surface area (Å²) in [6.45, 7) is 1.41. The van der Waals surface area contributed by atoms with Crippen LogP contribution in [0.5, 0.6) is 0 Å². The topological polar surface area (TPSA) is 86.8 Å². The molecule has 1 atom stereocenters. The molecule has 0 radical (unpaired) electrons. The molecule has 4 aromatic carbocycles. The van der Waals surface area contributed by atoms with Crippen LogP contribution in [-0.4, -0.2) is 44.8 Å². The van der Waals surface area contributed by atoms with Gasteiger partial charge in [-0.05, 0) is 72.1 Å². The Morgan fingerprint density at radius 3 is 2.19 bits per heavy atom. The molecule has 0 heterocycles. The largest absolute Gasteiger partial charge is 0.357 e. The lowest BCUT2D eigenvalue weighted by Gasteiger charge is -2.33. The van der Waals surface area contributed by atoms with E-state index in [1.165, 1.54) is 36.2 Å². The van der Waals surface area contributed by atoms with Gasteiger partial charge in [-0.25, -0.2) is 8.42 Å². The highest BCUT2D eigenvalue weighted by molar-refractivity contribution is 9.10. The molecule has 4 rings (SSSR count). The SMILES string of the molecule is CNC(=O)C(Cc1ccccc1)N(Cc1cccc(Br)c1)C(=O)CN(c1cccc(C)c1)S(=O)(=O)c1ccc(Cl)cc1. The molecule has 1 unspecified atom stereocenters. The van der Waals surface area contributed by atoms with Crippen LogP contribution >= 0.6 is 27.5 Å². The number of aryl methyl sites for hydroxylation is 1. The fourth-order valence-corrected chi connectivity index (χ4v) is 6.58. The minimum Gasteiger partial charge on any atom is -0.357 e. The third kappa shape index (κ3) is 7.79. The van der Waals surface area contributed by atoms with Crippen LogP contribution in [0.15, 0.2) is 112 Å². The molecule has 0 bridgehead atoms. The summed E-state index contributed by atoms with van der Waals surface area (Å²) in [6.07, 6.45) is 0.245. The van der Waals surface area contributed by atoms with E-state index < -0.39 is 28.5 Å². The molecule has 0 saturated heterocycles. The quantitative estimate of drug-likeness (QED) is 0.213. The summed E-state index contributed by atoms with van der Waals surface area (Å²) in [5.74, 6) is -0.886. The van der Waals surface area contributed by atoms with E-state index in [4.69, 9.17) is 11.6 Å². The molecule has 10 heteroatoms. The third-order valence-corrected chi connectivity index (χ3v) is 9.26. The van der Waals surface area contributed by atoms with Gasteiger partial charge in [0.1, 0.15) is 12.6 Å². The molecule has 0 fully saturated rings. The maximum atomic E-state index is 14.3. The summed E-state index contributed by atoms with van der Waals surface area (Å²) >= 11 is 9.50. The number of hydrogen-bond donors (Lipinski definition) is 1. The zero-order valence-corrected chi connectivity index (χ0v) is 26.4. The Kier molecular flexibility index (Phi) is 10.4. The highest BCUT2D eigenvalue weighted by Crippen LogP contribution is 2.27. The van der Waals surface area contributed by atoms with Crippen LogP contribution in [0.4, 0.5) is 5.69 Å². The Morgan fingerprint density at radius 1 is 0.881 bits per heavy atom. The lowest BCUT2D eigenvalue weighted by atomic mass is 10.0. The lowest BCUT2D eigenvalue weighted by Crippen LogP contribution is -2.53. The molecule has 0 aliphatic heterocycles. The van der Waals surface area contributed by atoms with Gasteiger partial charge in [-0.15, -0.1) is 0 Å². The van der Waals surface area contributed by atoms with Gasteiger partial charge < -0.3 is 10.2 Å². The Hall–Kier alpha value is -3.66. The predicted molar refractivity (Wildman–Crippen MR) is 170 cm³/mol. The minimum absolute atomic E-state index is 0.00752. The summed E-state index contributed by atoms with van der Waals surface area (Å²) in [6, 6.07) is 28.7. The van der Waals surface area contributed by atoms with Crippen molar-refractivity contribution in [3.05, 3.63) is 129 Å². The van der Waals surface area contributed by atoms with E-state index in [0.29, 0.717) is 10.7 Å². The van der Waals surface area contributed by atoms with E-state index in [0.717, 1.165) is 25.5 Å². The van der Waals surface area contributed by atoms with Crippen molar-refractivity contribution >= 4 is 55.1 Å². The smallest absolute Gasteiger partial charge is 0.264 e. The molecular weight excluding hydrogens is 638 g/mol. The molecular formula is C32H31BrClN3O4S. The number of carbonyl (C=O) groups excluding carboxylic acids is 2. The summed E-state index contributed by atoms with van der Waals surface area (Å²) < 4.78 is 29.9. The normalized spacial score (nSPS) is 11.9. The number of likely N-dealkylation sites (N-methyl/N-ethyl adjacent to an activating group) is 1. The van der Waals surface area contributed by atoms with E-state index in [1.807, 2.05) is 67.6 Å². The van der Waals surface area contributed by atoms with Crippen LogP contribution in [0.1, 0.15) is 16.7 Å². The summed E-state index contributed by atoms with van der Waals surface area (Å²) in [4.78, 5) is 29.0. The minimum atomic E-state index is -4.19. The lowest BCUT2D eigenvalue weighted by molar-refractivity contribution is -0.139. The maximum absolute atomic E-state index is 14.3. The van der Waals surface area contributed by atoms with Gasteiger partial charge in [-0.1, -0.05) is 82.1 Å². The molecule has 7 nitrogen and oxygen atoms in total. The molecule has 1 N–H and O–H groups in total. The zero-order valence-electron chi connectivity index (χ0n) is 23.2. The van der Waals surface area contributed by atoms with E-state index >= 15 is 0 Å². The van der Waals surface area contributed by atoms with Crippen LogP contribution in [0, 0.1) is 6.92 Å². The average molecular weight is 669 g/mol. The number of halogens is 2. The highest BCUT2D eigenvalue weighted by Gasteiger charge is 2.34. The van der Waals surface area contributed by atoms with Crippen molar-refractivity contribution in [2.24, 2.45) is 0 Å². The number of carbonyl (C=O) groups is 2. The molecule has 0 saturated carbocycles. The first kappa shape index (κ1) is 31.3. The van der Waals surface area contributed by atoms with Gasteiger partial charge >= 0.3 is 0 Å². The number of hydrogen-bond acceptors (Lipinski definition) is 4. The standard InChI is InChI=1S/C32H31BrClN3O4S/c1-23-8-6-13-28(18-23)37(42(40,41)29-16-14-27(34)15-17-29)22-31(38)36(21-25-11-7-12-26(33)19-25)30(32(39)35-2)20-24-9-4-3-5-10-24/h3-19,30H,20-22H2,1-2H3,(H,35,39). The van der Waals surface area contributed by atoms with Crippen molar-refractivity contribution in [2.45, 2.75) is 30.8 Å². The van der Waals surface area contributed by atoms with Gasteiger partial charge in [-0.2, -0.15) is 0 Å². The molecule has 42 heavy (non-hydrogen) atoms. The molecule has 0 aliphatic rings. The number of nitrogens with zero attached hydrogens (tertiary/aromatic N) is 2. The maximum Gasteiger partial charge on any atom is 0.264 e. The van der Waals surface area contributed by atoms with Crippen molar-refractivity contribution in [3.8, 4) is 0 Å². The number of amides is 2. The second-order valence-corrected chi connectivity index (χ2v) is 13.0. The number of sulfonamides is 1. The first-order chi connectivity index (χ1) is 20.1. The summed E-state index contributed by atoms with van der Waals surface area (Å²) in [7, 11) is -2.67. The van der Waals surface area contributed by atoms with Crippen LogP contribution in [0.3, 0.4) is 0 Å².